The van der Waals surface area contributed by atoms with E-state index in [4.69, 9.17) is 4.42 Å². The van der Waals surface area contributed by atoms with Crippen LogP contribution in [0, 0.1) is 0 Å². The van der Waals surface area contributed by atoms with Crippen molar-refractivity contribution >= 4 is 28.3 Å². The minimum Gasteiger partial charge on any atom is -0.455 e. The molecule has 1 aliphatic carbocycles. The smallest absolute Gasteiger partial charge is 0.287 e. The molecule has 1 aromatic heterocycles. The van der Waals surface area contributed by atoms with Crippen molar-refractivity contribution in [3.8, 4) is 0 Å². The average Bonchev–Trinajstić information content (AvgIpc) is 2.85. The van der Waals surface area contributed by atoms with Crippen LogP contribution in [0.4, 0.5) is 0 Å². The number of nitrogens with one attached hydrogen (secondary N) is 3. The van der Waals surface area contributed by atoms with Crippen molar-refractivity contribution in [1.82, 2.24) is 15.4 Å². The molecule has 0 atom stereocenters. The summed E-state index contributed by atoms with van der Waals surface area (Å²) in [6.07, 6.45) is 8.70. The molecule has 1 aliphatic rings. The number of hydrogen-bond acceptors (Lipinski definition) is 5. The number of halogens is 1. The summed E-state index contributed by atoms with van der Waals surface area (Å²) in [5.41, 5.74) is 0. The van der Waals surface area contributed by atoms with Gasteiger partial charge in [0.25, 0.3) is 5.91 Å². The first kappa shape index (κ1) is 22.0. The number of furan rings is 1. The summed E-state index contributed by atoms with van der Waals surface area (Å²) in [7, 11) is -3.28. The molecule has 9 heteroatoms. The second-order valence-corrected chi connectivity index (χ2v) is 8.09. The standard InChI is InChI=1S/C16H27N3O4S.ClH/c1-24(21,22)19-12-14-8-9-15(23-14)16(20)18-11-10-17-13-6-4-2-3-5-7-13;/h8-9,13,17,19H,2-7,10-12H2,1H3,(H,18,20);1H. The summed E-state index contributed by atoms with van der Waals surface area (Å²) in [5.74, 6) is 0.306. The fourth-order valence-electron chi connectivity index (χ4n) is 2.82. The average molecular weight is 394 g/mol. The third kappa shape index (κ3) is 8.71. The SMILES string of the molecule is CS(=O)(=O)NCc1ccc(C(=O)NCCNC2CCCCCC2)o1.Cl. The van der Waals surface area contributed by atoms with Crippen LogP contribution in [-0.2, 0) is 16.6 Å². The van der Waals surface area contributed by atoms with Crippen molar-refractivity contribution in [2.45, 2.75) is 51.1 Å². The molecule has 0 unspecified atom stereocenters. The summed E-state index contributed by atoms with van der Waals surface area (Å²) in [5, 5.41) is 6.29. The number of carbonyl (C=O) groups is 1. The monoisotopic (exact) mass is 393 g/mol. The zero-order chi connectivity index (χ0) is 17.4. The normalized spacial score (nSPS) is 16.0. The van der Waals surface area contributed by atoms with Crippen LogP contribution in [0.2, 0.25) is 0 Å². The van der Waals surface area contributed by atoms with E-state index in [2.05, 4.69) is 15.4 Å². The van der Waals surface area contributed by atoms with Crippen LogP contribution in [0.3, 0.4) is 0 Å². The molecule has 1 aromatic rings. The van der Waals surface area contributed by atoms with E-state index in [-0.39, 0.29) is 30.6 Å². The maximum Gasteiger partial charge on any atom is 0.287 e. The Kier molecular flexibility index (Phi) is 9.48. The first-order valence-electron chi connectivity index (χ1n) is 8.49. The molecule has 1 heterocycles. The zero-order valence-corrected chi connectivity index (χ0v) is 16.2. The molecule has 144 valence electrons. The van der Waals surface area contributed by atoms with Gasteiger partial charge in [0.05, 0.1) is 12.8 Å². The summed E-state index contributed by atoms with van der Waals surface area (Å²) >= 11 is 0. The van der Waals surface area contributed by atoms with Gasteiger partial charge in [0, 0.05) is 19.1 Å². The highest BCUT2D eigenvalue weighted by atomic mass is 35.5. The van der Waals surface area contributed by atoms with Crippen LogP contribution >= 0.6 is 12.4 Å². The molecule has 0 radical (unpaired) electrons. The Bertz CT molecular complexity index is 625. The van der Waals surface area contributed by atoms with Gasteiger partial charge in [-0.2, -0.15) is 0 Å². The predicted octanol–water partition coefficient (Wildman–Crippen LogP) is 1.79. The van der Waals surface area contributed by atoms with Crippen molar-refractivity contribution in [3.63, 3.8) is 0 Å². The lowest BCUT2D eigenvalue weighted by molar-refractivity contribution is 0.0924. The van der Waals surface area contributed by atoms with Gasteiger partial charge >= 0.3 is 0 Å². The Morgan fingerprint density at radius 2 is 1.84 bits per heavy atom. The van der Waals surface area contributed by atoms with Gasteiger partial charge in [-0.1, -0.05) is 25.7 Å². The second kappa shape index (κ2) is 10.8. The Morgan fingerprint density at radius 1 is 1.16 bits per heavy atom. The molecule has 1 amide bonds. The highest BCUT2D eigenvalue weighted by Gasteiger charge is 2.13. The van der Waals surface area contributed by atoms with Crippen molar-refractivity contribution in [2.24, 2.45) is 0 Å². The number of rotatable bonds is 8. The lowest BCUT2D eigenvalue weighted by Crippen LogP contribution is -2.36. The summed E-state index contributed by atoms with van der Waals surface area (Å²) < 4.78 is 29.7. The minimum atomic E-state index is -3.28. The lowest BCUT2D eigenvalue weighted by atomic mass is 10.1. The fourth-order valence-corrected chi connectivity index (χ4v) is 3.22. The van der Waals surface area contributed by atoms with Gasteiger partial charge in [0.15, 0.2) is 5.76 Å². The van der Waals surface area contributed by atoms with Crippen LogP contribution < -0.4 is 15.4 Å². The summed E-state index contributed by atoms with van der Waals surface area (Å²) in [6.45, 7) is 1.31. The van der Waals surface area contributed by atoms with Crippen molar-refractivity contribution in [2.75, 3.05) is 19.3 Å². The van der Waals surface area contributed by atoms with Crippen LogP contribution in [0.1, 0.15) is 54.8 Å². The third-order valence-corrected chi connectivity index (χ3v) is 4.76. The van der Waals surface area contributed by atoms with E-state index >= 15 is 0 Å². The van der Waals surface area contributed by atoms with E-state index < -0.39 is 10.0 Å². The Labute approximate surface area is 155 Å². The molecular weight excluding hydrogens is 366 g/mol. The van der Waals surface area contributed by atoms with Gasteiger partial charge in [-0.25, -0.2) is 13.1 Å². The molecule has 2 rings (SSSR count). The molecule has 0 aliphatic heterocycles. The molecule has 0 aromatic carbocycles. The number of sulfonamides is 1. The molecule has 0 bridgehead atoms. The summed E-state index contributed by atoms with van der Waals surface area (Å²) in [6, 6.07) is 3.70. The van der Waals surface area contributed by atoms with E-state index in [1.807, 2.05) is 0 Å². The highest BCUT2D eigenvalue weighted by molar-refractivity contribution is 7.88. The van der Waals surface area contributed by atoms with Crippen LogP contribution in [-0.4, -0.2) is 39.7 Å². The topological polar surface area (TPSA) is 100 Å². The van der Waals surface area contributed by atoms with E-state index in [9.17, 15) is 13.2 Å². The molecular formula is C16H28ClN3O4S. The number of carbonyl (C=O) groups excluding carboxylic acids is 1. The second-order valence-electron chi connectivity index (χ2n) is 6.26. The van der Waals surface area contributed by atoms with Gasteiger partial charge in [0.1, 0.15) is 5.76 Å². The molecule has 0 spiro atoms. The fraction of sp³-hybridized carbons (Fsp3) is 0.688. The van der Waals surface area contributed by atoms with Gasteiger partial charge < -0.3 is 15.1 Å². The van der Waals surface area contributed by atoms with Crippen LogP contribution in [0.15, 0.2) is 16.5 Å². The first-order valence-corrected chi connectivity index (χ1v) is 10.4. The molecule has 7 nitrogen and oxygen atoms in total. The number of hydrogen-bond donors (Lipinski definition) is 3. The zero-order valence-electron chi connectivity index (χ0n) is 14.5. The van der Waals surface area contributed by atoms with Gasteiger partial charge in [-0.05, 0) is 25.0 Å². The Morgan fingerprint density at radius 3 is 2.48 bits per heavy atom. The van der Waals surface area contributed by atoms with E-state index in [1.165, 1.54) is 38.5 Å². The molecule has 25 heavy (non-hydrogen) atoms. The molecule has 1 fully saturated rings. The van der Waals surface area contributed by atoms with Crippen LogP contribution in [0.5, 0.6) is 0 Å². The Hall–Kier alpha value is -1.09. The maximum absolute atomic E-state index is 12.0. The van der Waals surface area contributed by atoms with Gasteiger partial charge in [0.2, 0.25) is 10.0 Å². The van der Waals surface area contributed by atoms with E-state index in [0.29, 0.717) is 18.3 Å². The lowest BCUT2D eigenvalue weighted by Gasteiger charge is -2.16. The van der Waals surface area contributed by atoms with Gasteiger partial charge in [-0.3, -0.25) is 4.79 Å². The van der Waals surface area contributed by atoms with Crippen molar-refractivity contribution < 1.29 is 17.6 Å². The van der Waals surface area contributed by atoms with Crippen LogP contribution in [0.25, 0.3) is 0 Å². The van der Waals surface area contributed by atoms with Crippen molar-refractivity contribution in [3.05, 3.63) is 23.7 Å². The summed E-state index contributed by atoms with van der Waals surface area (Å²) in [4.78, 5) is 12.0. The minimum absolute atomic E-state index is 0. The van der Waals surface area contributed by atoms with Gasteiger partial charge in [-0.15, -0.1) is 12.4 Å². The molecule has 3 N–H and O–H groups in total. The molecule has 1 saturated carbocycles. The Balaban J connectivity index is 0.00000312. The maximum atomic E-state index is 12.0. The quantitative estimate of drug-likeness (QED) is 0.461. The van der Waals surface area contributed by atoms with E-state index in [0.717, 1.165) is 12.8 Å². The largest absolute Gasteiger partial charge is 0.455 e. The van der Waals surface area contributed by atoms with Crippen molar-refractivity contribution in [1.29, 1.82) is 0 Å². The predicted molar refractivity (Wildman–Crippen MR) is 99.5 cm³/mol. The highest BCUT2D eigenvalue weighted by Crippen LogP contribution is 2.16. The first-order chi connectivity index (χ1) is 11.4. The molecule has 0 saturated heterocycles. The third-order valence-electron chi connectivity index (χ3n) is 4.09. The number of amides is 1. The van der Waals surface area contributed by atoms with E-state index in [1.54, 1.807) is 12.1 Å².